The quantitative estimate of drug-likeness (QED) is 0.182. The Morgan fingerprint density at radius 2 is 1.56 bits per heavy atom. The molecule has 0 atom stereocenters. The highest BCUT2D eigenvalue weighted by Crippen LogP contribution is 2.22. The Morgan fingerprint density at radius 3 is 2.19 bits per heavy atom. The van der Waals surface area contributed by atoms with Gasteiger partial charge in [-0.05, 0) is 67.3 Å². The number of ether oxygens (including phenoxy) is 3. The van der Waals surface area contributed by atoms with E-state index in [2.05, 4.69) is 0 Å². The topological polar surface area (TPSA) is 61.8 Å². The van der Waals surface area contributed by atoms with Crippen LogP contribution >= 0.6 is 0 Å². The SMILES string of the molecule is CCCOC(=O)/C=C/c1ccc(OC(=O)c2ccc(OCCCCC(F)(F)F)cc2)cc1. The number of hydrogen-bond donors (Lipinski definition) is 0. The van der Waals surface area contributed by atoms with Crippen molar-refractivity contribution in [2.24, 2.45) is 0 Å². The molecule has 0 saturated carbocycles. The van der Waals surface area contributed by atoms with Crippen LogP contribution in [0.1, 0.15) is 48.5 Å². The van der Waals surface area contributed by atoms with Gasteiger partial charge in [-0.2, -0.15) is 13.2 Å². The van der Waals surface area contributed by atoms with E-state index in [4.69, 9.17) is 14.2 Å². The molecule has 2 rings (SSSR count). The number of esters is 2. The summed E-state index contributed by atoms with van der Waals surface area (Å²) in [7, 11) is 0. The molecule has 0 fully saturated rings. The van der Waals surface area contributed by atoms with Crippen molar-refractivity contribution in [2.75, 3.05) is 13.2 Å². The molecule has 8 heteroatoms. The zero-order valence-corrected chi connectivity index (χ0v) is 17.7. The zero-order valence-electron chi connectivity index (χ0n) is 17.7. The first kappa shape index (κ1) is 25.0. The van der Waals surface area contributed by atoms with E-state index >= 15 is 0 Å². The Labute approximate surface area is 184 Å². The van der Waals surface area contributed by atoms with Crippen molar-refractivity contribution in [3.05, 3.63) is 65.7 Å². The first-order valence-electron chi connectivity index (χ1n) is 10.2. The second-order valence-electron chi connectivity index (χ2n) is 6.90. The molecule has 0 aliphatic carbocycles. The van der Waals surface area contributed by atoms with Crippen LogP contribution in [-0.2, 0) is 9.53 Å². The first-order valence-corrected chi connectivity index (χ1v) is 10.2. The maximum absolute atomic E-state index is 12.3. The average Bonchev–Trinajstić information content (AvgIpc) is 2.76. The maximum Gasteiger partial charge on any atom is 0.389 e. The van der Waals surface area contributed by atoms with E-state index in [0.717, 1.165) is 12.0 Å². The van der Waals surface area contributed by atoms with Crippen molar-refractivity contribution < 1.29 is 37.0 Å². The maximum atomic E-state index is 12.3. The highest BCUT2D eigenvalue weighted by Gasteiger charge is 2.25. The Hall–Kier alpha value is -3.29. The second kappa shape index (κ2) is 12.5. The number of carbonyl (C=O) groups is 2. The predicted octanol–water partition coefficient (Wildman–Crippen LogP) is 5.98. The molecule has 32 heavy (non-hydrogen) atoms. The second-order valence-corrected chi connectivity index (χ2v) is 6.90. The average molecular weight is 450 g/mol. The van der Waals surface area contributed by atoms with Crippen molar-refractivity contribution in [1.29, 1.82) is 0 Å². The fourth-order valence-corrected chi connectivity index (χ4v) is 2.53. The lowest BCUT2D eigenvalue weighted by Gasteiger charge is -2.09. The monoisotopic (exact) mass is 450 g/mol. The van der Waals surface area contributed by atoms with Crippen LogP contribution in [0.15, 0.2) is 54.6 Å². The van der Waals surface area contributed by atoms with E-state index in [-0.39, 0.29) is 19.4 Å². The van der Waals surface area contributed by atoms with Gasteiger partial charge in [-0.3, -0.25) is 0 Å². The van der Waals surface area contributed by atoms with Crippen LogP contribution in [0, 0.1) is 0 Å². The van der Waals surface area contributed by atoms with Gasteiger partial charge >= 0.3 is 18.1 Å². The third-order valence-electron chi connectivity index (χ3n) is 4.16. The minimum atomic E-state index is -4.15. The summed E-state index contributed by atoms with van der Waals surface area (Å²) in [6.45, 7) is 2.44. The van der Waals surface area contributed by atoms with E-state index in [9.17, 15) is 22.8 Å². The standard InChI is InChI=1S/C24H25F3O5/c1-2-16-31-22(28)14-7-18-5-10-21(11-6-18)32-23(29)19-8-12-20(13-9-19)30-17-4-3-15-24(25,26)27/h5-14H,2-4,15-17H2,1H3/b14-7+. The molecule has 0 bridgehead atoms. The minimum absolute atomic E-state index is 0.00539. The summed E-state index contributed by atoms with van der Waals surface area (Å²) in [4.78, 5) is 23.7. The van der Waals surface area contributed by atoms with Crippen LogP contribution in [-0.4, -0.2) is 31.3 Å². The van der Waals surface area contributed by atoms with Crippen LogP contribution in [0.4, 0.5) is 13.2 Å². The number of unbranched alkanes of at least 4 members (excludes halogenated alkanes) is 1. The Morgan fingerprint density at radius 1 is 0.906 bits per heavy atom. The van der Waals surface area contributed by atoms with Crippen molar-refractivity contribution in [1.82, 2.24) is 0 Å². The molecule has 5 nitrogen and oxygen atoms in total. The van der Waals surface area contributed by atoms with Crippen LogP contribution in [0.25, 0.3) is 6.08 Å². The summed E-state index contributed by atoms with van der Waals surface area (Å²) >= 11 is 0. The lowest BCUT2D eigenvalue weighted by atomic mass is 10.2. The highest BCUT2D eigenvalue weighted by atomic mass is 19.4. The number of benzene rings is 2. The lowest BCUT2D eigenvalue weighted by Crippen LogP contribution is -2.09. The van der Waals surface area contributed by atoms with Gasteiger partial charge in [0.25, 0.3) is 0 Å². The summed E-state index contributed by atoms with van der Waals surface area (Å²) in [5.74, 6) is -0.183. The van der Waals surface area contributed by atoms with E-state index in [0.29, 0.717) is 23.7 Å². The molecule has 0 aliphatic rings. The highest BCUT2D eigenvalue weighted by molar-refractivity contribution is 5.91. The Bertz CT molecular complexity index is 887. The van der Waals surface area contributed by atoms with Crippen LogP contribution in [0.3, 0.4) is 0 Å². The molecule has 2 aromatic carbocycles. The molecule has 172 valence electrons. The zero-order chi connectivity index (χ0) is 23.4. The van der Waals surface area contributed by atoms with E-state index in [1.807, 2.05) is 6.92 Å². The molecule has 0 saturated heterocycles. The largest absolute Gasteiger partial charge is 0.494 e. The van der Waals surface area contributed by atoms with Crippen molar-refractivity contribution >= 4 is 18.0 Å². The smallest absolute Gasteiger partial charge is 0.389 e. The fourth-order valence-electron chi connectivity index (χ4n) is 2.53. The molecule has 0 radical (unpaired) electrons. The molecule has 0 unspecified atom stereocenters. The lowest BCUT2D eigenvalue weighted by molar-refractivity contribution is -0.138. The van der Waals surface area contributed by atoms with E-state index in [1.54, 1.807) is 42.5 Å². The molecule has 2 aromatic rings. The van der Waals surface area contributed by atoms with Gasteiger partial charge in [0, 0.05) is 12.5 Å². The molecule has 0 amide bonds. The third kappa shape index (κ3) is 9.68. The fraction of sp³-hybridized carbons (Fsp3) is 0.333. The van der Waals surface area contributed by atoms with Crippen molar-refractivity contribution in [3.8, 4) is 11.5 Å². The number of alkyl halides is 3. The van der Waals surface area contributed by atoms with Gasteiger partial charge < -0.3 is 14.2 Å². The van der Waals surface area contributed by atoms with Crippen molar-refractivity contribution in [3.63, 3.8) is 0 Å². The summed E-state index contributed by atoms with van der Waals surface area (Å²) < 4.78 is 51.9. The summed E-state index contributed by atoms with van der Waals surface area (Å²) in [5.41, 5.74) is 1.05. The predicted molar refractivity (Wildman–Crippen MR) is 114 cm³/mol. The molecule has 0 N–H and O–H groups in total. The van der Waals surface area contributed by atoms with Crippen LogP contribution < -0.4 is 9.47 Å². The van der Waals surface area contributed by atoms with Gasteiger partial charge in [-0.1, -0.05) is 19.1 Å². The van der Waals surface area contributed by atoms with Gasteiger partial charge in [0.15, 0.2) is 0 Å². The summed E-state index contributed by atoms with van der Waals surface area (Å²) in [5, 5.41) is 0. The summed E-state index contributed by atoms with van der Waals surface area (Å²) in [6, 6.07) is 12.8. The Balaban J connectivity index is 1.79. The molecule has 0 heterocycles. The Kier molecular flexibility index (Phi) is 9.78. The summed E-state index contributed by atoms with van der Waals surface area (Å²) in [6.07, 6.45) is -1.01. The van der Waals surface area contributed by atoms with Gasteiger partial charge in [0.2, 0.25) is 0 Å². The third-order valence-corrected chi connectivity index (χ3v) is 4.16. The normalized spacial score (nSPS) is 11.4. The number of hydrogen-bond acceptors (Lipinski definition) is 5. The van der Waals surface area contributed by atoms with Crippen molar-refractivity contribution in [2.45, 2.75) is 38.8 Å². The van der Waals surface area contributed by atoms with Crippen LogP contribution in [0.2, 0.25) is 0 Å². The van der Waals surface area contributed by atoms with Gasteiger partial charge in [0.05, 0.1) is 18.8 Å². The molecule has 0 aromatic heterocycles. The minimum Gasteiger partial charge on any atom is -0.494 e. The van der Waals surface area contributed by atoms with Gasteiger partial charge in [-0.15, -0.1) is 0 Å². The molecule has 0 spiro atoms. The number of carbonyl (C=O) groups excluding carboxylic acids is 2. The van der Waals surface area contributed by atoms with E-state index < -0.39 is 24.5 Å². The van der Waals surface area contributed by atoms with Crippen LogP contribution in [0.5, 0.6) is 11.5 Å². The molecular weight excluding hydrogens is 425 g/mol. The van der Waals surface area contributed by atoms with E-state index in [1.165, 1.54) is 18.2 Å². The molecular formula is C24H25F3O5. The number of rotatable bonds is 11. The molecule has 0 aliphatic heterocycles. The first-order chi connectivity index (χ1) is 15.3. The number of halogens is 3. The van der Waals surface area contributed by atoms with Gasteiger partial charge in [0.1, 0.15) is 11.5 Å². The van der Waals surface area contributed by atoms with Gasteiger partial charge in [-0.25, -0.2) is 9.59 Å².